The summed E-state index contributed by atoms with van der Waals surface area (Å²) in [6, 6.07) is 6.85. The van der Waals surface area contributed by atoms with Crippen LogP contribution in [0, 0.1) is 0 Å². The summed E-state index contributed by atoms with van der Waals surface area (Å²) in [6.07, 6.45) is 2.16. The monoisotopic (exact) mass is 345 g/mol. The van der Waals surface area contributed by atoms with Gasteiger partial charge in [0.2, 0.25) is 10.0 Å². The van der Waals surface area contributed by atoms with E-state index in [0.29, 0.717) is 29.7 Å². The fourth-order valence-electron chi connectivity index (χ4n) is 1.78. The van der Waals surface area contributed by atoms with Crippen LogP contribution in [0.1, 0.15) is 11.8 Å². The second-order valence-corrected chi connectivity index (χ2v) is 7.77. The van der Waals surface area contributed by atoms with Crippen molar-refractivity contribution in [2.24, 2.45) is 0 Å². The van der Waals surface area contributed by atoms with Gasteiger partial charge >= 0.3 is 0 Å². The van der Waals surface area contributed by atoms with E-state index >= 15 is 0 Å². The van der Waals surface area contributed by atoms with E-state index in [9.17, 15) is 8.42 Å². The smallest absolute Gasteiger partial charge is 0.244 e. The number of pyridine rings is 1. The van der Waals surface area contributed by atoms with Crippen molar-refractivity contribution < 1.29 is 8.42 Å². The normalized spacial score (nSPS) is 11.5. The number of sulfonamides is 1. The highest BCUT2D eigenvalue weighted by Crippen LogP contribution is 2.22. The number of hydrogen-bond donors (Lipinski definition) is 2. The fraction of sp³-hybridized carbons (Fsp3) is 0.308. The molecule has 2 aromatic heterocycles. The molecule has 0 radical (unpaired) electrons. The van der Waals surface area contributed by atoms with Crippen LogP contribution in [-0.4, -0.2) is 26.5 Å². The Bertz CT molecular complexity index is 701. The number of nitrogens with one attached hydrogen (secondary N) is 2. The summed E-state index contributed by atoms with van der Waals surface area (Å²) < 4.78 is 27.9. The Morgan fingerprint density at radius 2 is 2.14 bits per heavy atom. The molecule has 0 bridgehead atoms. The van der Waals surface area contributed by atoms with Gasteiger partial charge in [0.25, 0.3) is 0 Å². The molecule has 0 saturated carbocycles. The molecule has 0 aliphatic heterocycles. The van der Waals surface area contributed by atoms with Gasteiger partial charge in [-0.2, -0.15) is 0 Å². The number of rotatable bonds is 7. The summed E-state index contributed by atoms with van der Waals surface area (Å²) in [5, 5.41) is 2.95. The molecule has 0 saturated heterocycles. The summed E-state index contributed by atoms with van der Waals surface area (Å²) in [4.78, 5) is 5.26. The summed E-state index contributed by atoms with van der Waals surface area (Å²) in [6.45, 7) is 2.81. The average Bonchev–Trinajstić information content (AvgIpc) is 2.85. The molecule has 0 aliphatic carbocycles. The minimum Gasteiger partial charge on any atom is -0.369 e. The van der Waals surface area contributed by atoms with Crippen molar-refractivity contribution in [1.82, 2.24) is 9.71 Å². The van der Waals surface area contributed by atoms with Crippen LogP contribution in [0.5, 0.6) is 0 Å². The number of thiophene rings is 1. The number of anilines is 1. The van der Waals surface area contributed by atoms with Crippen LogP contribution in [0.2, 0.25) is 4.34 Å². The molecule has 8 heteroatoms. The average molecular weight is 346 g/mol. The van der Waals surface area contributed by atoms with Crippen LogP contribution in [-0.2, 0) is 16.4 Å². The van der Waals surface area contributed by atoms with Gasteiger partial charge in [-0.25, -0.2) is 18.1 Å². The molecule has 5 nitrogen and oxygen atoms in total. The molecule has 2 rings (SSSR count). The molecule has 21 heavy (non-hydrogen) atoms. The van der Waals surface area contributed by atoms with Crippen molar-refractivity contribution >= 4 is 38.8 Å². The molecular weight excluding hydrogens is 330 g/mol. The predicted molar refractivity (Wildman–Crippen MR) is 86.6 cm³/mol. The summed E-state index contributed by atoms with van der Waals surface area (Å²) in [5.74, 6) is 0.367. The Morgan fingerprint density at radius 1 is 1.33 bits per heavy atom. The van der Waals surface area contributed by atoms with Crippen LogP contribution < -0.4 is 10.0 Å². The van der Waals surface area contributed by atoms with E-state index in [4.69, 9.17) is 11.6 Å². The molecule has 114 valence electrons. The van der Waals surface area contributed by atoms with Crippen molar-refractivity contribution in [1.29, 1.82) is 0 Å². The molecule has 0 spiro atoms. The van der Waals surface area contributed by atoms with Gasteiger partial charge in [0.05, 0.1) is 4.34 Å². The lowest BCUT2D eigenvalue weighted by atomic mass is 10.3. The lowest BCUT2D eigenvalue weighted by Gasteiger charge is -2.10. The lowest BCUT2D eigenvalue weighted by molar-refractivity contribution is 0.582. The van der Waals surface area contributed by atoms with Crippen molar-refractivity contribution in [3.63, 3.8) is 0 Å². The SMILES string of the molecule is CCNc1ncccc1S(=O)(=O)NCCc1ccc(Cl)s1. The number of halogens is 1. The third kappa shape index (κ3) is 4.41. The topological polar surface area (TPSA) is 71.1 Å². The molecule has 2 N–H and O–H groups in total. The second kappa shape index (κ2) is 7.22. The van der Waals surface area contributed by atoms with Gasteiger partial charge in [0.1, 0.15) is 10.7 Å². The molecule has 0 amide bonds. The lowest BCUT2D eigenvalue weighted by Crippen LogP contribution is -2.27. The van der Waals surface area contributed by atoms with Gasteiger partial charge in [-0.05, 0) is 37.6 Å². The zero-order chi connectivity index (χ0) is 15.3. The highest BCUT2D eigenvalue weighted by molar-refractivity contribution is 7.89. The molecule has 0 aromatic carbocycles. The van der Waals surface area contributed by atoms with Gasteiger partial charge in [-0.15, -0.1) is 11.3 Å². The van der Waals surface area contributed by atoms with Crippen molar-refractivity contribution in [2.75, 3.05) is 18.4 Å². The summed E-state index contributed by atoms with van der Waals surface area (Å²) in [5.41, 5.74) is 0. The Labute approximate surface area is 133 Å². The van der Waals surface area contributed by atoms with Gasteiger partial charge < -0.3 is 5.32 Å². The molecule has 0 aliphatic rings. The minimum atomic E-state index is -3.58. The maximum atomic E-state index is 12.3. The van der Waals surface area contributed by atoms with E-state index in [1.54, 1.807) is 18.3 Å². The number of nitrogens with zero attached hydrogens (tertiary/aromatic N) is 1. The van der Waals surface area contributed by atoms with E-state index < -0.39 is 10.0 Å². The standard InChI is InChI=1S/C13H16ClN3O2S2/c1-2-15-13-11(4-3-8-16-13)21(18,19)17-9-7-10-5-6-12(14)20-10/h3-6,8,17H,2,7,9H2,1H3,(H,15,16). The molecule has 0 atom stereocenters. The van der Waals surface area contributed by atoms with Gasteiger partial charge in [0, 0.05) is 24.2 Å². The van der Waals surface area contributed by atoms with Crippen molar-refractivity contribution in [3.05, 3.63) is 39.7 Å². The van der Waals surface area contributed by atoms with Crippen LogP contribution in [0.25, 0.3) is 0 Å². The van der Waals surface area contributed by atoms with Crippen LogP contribution in [0.3, 0.4) is 0 Å². The first-order chi connectivity index (χ1) is 10.0. The van der Waals surface area contributed by atoms with Gasteiger partial charge in [0.15, 0.2) is 0 Å². The van der Waals surface area contributed by atoms with Crippen LogP contribution in [0.15, 0.2) is 35.4 Å². The largest absolute Gasteiger partial charge is 0.369 e. The summed E-state index contributed by atoms with van der Waals surface area (Å²) >= 11 is 7.30. The first-order valence-corrected chi connectivity index (χ1v) is 9.13. The third-order valence-electron chi connectivity index (χ3n) is 2.70. The maximum absolute atomic E-state index is 12.3. The van der Waals surface area contributed by atoms with Crippen molar-refractivity contribution in [3.8, 4) is 0 Å². The van der Waals surface area contributed by atoms with E-state index in [0.717, 1.165) is 4.88 Å². The van der Waals surface area contributed by atoms with Gasteiger partial charge in [-0.1, -0.05) is 11.6 Å². The highest BCUT2D eigenvalue weighted by Gasteiger charge is 2.18. The second-order valence-electron chi connectivity index (χ2n) is 4.23. The Balaban J connectivity index is 2.04. The Hall–Kier alpha value is -1.15. The Morgan fingerprint density at radius 3 is 2.81 bits per heavy atom. The highest BCUT2D eigenvalue weighted by atomic mass is 35.5. The molecular formula is C13H16ClN3O2S2. The van der Waals surface area contributed by atoms with E-state index in [-0.39, 0.29) is 4.90 Å². The Kier molecular flexibility index (Phi) is 5.58. The fourth-order valence-corrected chi connectivity index (χ4v) is 4.03. The molecule has 0 fully saturated rings. The zero-order valence-electron chi connectivity index (χ0n) is 11.5. The van der Waals surface area contributed by atoms with E-state index in [1.165, 1.54) is 17.4 Å². The number of aromatic nitrogens is 1. The van der Waals surface area contributed by atoms with Crippen molar-refractivity contribution in [2.45, 2.75) is 18.2 Å². The number of hydrogen-bond acceptors (Lipinski definition) is 5. The maximum Gasteiger partial charge on any atom is 0.244 e. The quantitative estimate of drug-likeness (QED) is 0.809. The minimum absolute atomic E-state index is 0.163. The first kappa shape index (κ1) is 16.2. The zero-order valence-corrected chi connectivity index (χ0v) is 13.9. The van der Waals surface area contributed by atoms with Crippen LogP contribution in [0.4, 0.5) is 5.82 Å². The molecule has 2 aromatic rings. The van der Waals surface area contributed by atoms with E-state index in [1.807, 2.05) is 13.0 Å². The third-order valence-corrected chi connectivity index (χ3v) is 5.48. The first-order valence-electron chi connectivity index (χ1n) is 6.45. The summed E-state index contributed by atoms with van der Waals surface area (Å²) in [7, 11) is -3.58. The van der Waals surface area contributed by atoms with Gasteiger partial charge in [-0.3, -0.25) is 0 Å². The molecule has 2 heterocycles. The van der Waals surface area contributed by atoms with E-state index in [2.05, 4.69) is 15.0 Å². The van der Waals surface area contributed by atoms with Crippen LogP contribution >= 0.6 is 22.9 Å². The molecule has 0 unspecified atom stereocenters. The predicted octanol–water partition coefficient (Wildman–Crippen LogP) is 2.75.